The minimum atomic E-state index is 0.183. The van der Waals surface area contributed by atoms with E-state index in [4.69, 9.17) is 0 Å². The maximum Gasteiger partial charge on any atom is 0.222 e. The zero-order chi connectivity index (χ0) is 16.8. The van der Waals surface area contributed by atoms with Crippen molar-refractivity contribution < 1.29 is 4.79 Å². The number of hydrogen-bond acceptors (Lipinski definition) is 2. The summed E-state index contributed by atoms with van der Waals surface area (Å²) in [7, 11) is 5.92. The monoisotopic (exact) mass is 310 g/mol. The van der Waals surface area contributed by atoms with E-state index in [1.165, 1.54) is 16.8 Å². The number of rotatable bonds is 6. The van der Waals surface area contributed by atoms with E-state index in [0.717, 1.165) is 12.0 Å². The predicted octanol–water partition coefficient (Wildman–Crippen LogP) is 3.65. The van der Waals surface area contributed by atoms with Gasteiger partial charge in [0.2, 0.25) is 5.91 Å². The molecule has 0 aliphatic rings. The van der Waals surface area contributed by atoms with Crippen molar-refractivity contribution in [3.8, 4) is 0 Å². The van der Waals surface area contributed by atoms with Crippen molar-refractivity contribution in [2.75, 3.05) is 26.0 Å². The fourth-order valence-electron chi connectivity index (χ4n) is 2.46. The van der Waals surface area contributed by atoms with Gasteiger partial charge in [0.05, 0.1) is 0 Å². The Labute approximate surface area is 139 Å². The molecule has 0 radical (unpaired) electrons. The third kappa shape index (κ3) is 5.13. The van der Waals surface area contributed by atoms with Gasteiger partial charge in [-0.3, -0.25) is 4.79 Å². The van der Waals surface area contributed by atoms with Crippen molar-refractivity contribution >= 4 is 11.6 Å². The van der Waals surface area contributed by atoms with Crippen LogP contribution < -0.4 is 4.90 Å². The summed E-state index contributed by atoms with van der Waals surface area (Å²) in [5.74, 6) is 0.183. The molecule has 0 atom stereocenters. The lowest BCUT2D eigenvalue weighted by atomic mass is 10.1. The Morgan fingerprint density at radius 1 is 0.870 bits per heavy atom. The van der Waals surface area contributed by atoms with Gasteiger partial charge in [-0.05, 0) is 36.6 Å². The maximum absolute atomic E-state index is 12.3. The molecule has 0 N–H and O–H groups in total. The van der Waals surface area contributed by atoms with Gasteiger partial charge in [0, 0.05) is 39.8 Å². The van der Waals surface area contributed by atoms with E-state index in [1.54, 1.807) is 4.90 Å². The van der Waals surface area contributed by atoms with Crippen LogP contribution >= 0.6 is 0 Å². The average molecular weight is 310 g/mol. The van der Waals surface area contributed by atoms with Gasteiger partial charge >= 0.3 is 0 Å². The van der Waals surface area contributed by atoms with E-state index in [2.05, 4.69) is 60.4 Å². The first-order chi connectivity index (χ1) is 11.0. The molecular weight excluding hydrogens is 284 g/mol. The second-order valence-electron chi connectivity index (χ2n) is 6.30. The Hall–Kier alpha value is -2.29. The zero-order valence-electron chi connectivity index (χ0n) is 14.5. The van der Waals surface area contributed by atoms with Crippen molar-refractivity contribution in [2.45, 2.75) is 26.3 Å². The van der Waals surface area contributed by atoms with Gasteiger partial charge in [-0.15, -0.1) is 0 Å². The smallest absolute Gasteiger partial charge is 0.222 e. The second-order valence-corrected chi connectivity index (χ2v) is 6.30. The summed E-state index contributed by atoms with van der Waals surface area (Å²) in [5, 5.41) is 0. The number of hydrogen-bond donors (Lipinski definition) is 0. The summed E-state index contributed by atoms with van der Waals surface area (Å²) in [6, 6.07) is 16.7. The van der Waals surface area contributed by atoms with Gasteiger partial charge in [-0.2, -0.15) is 0 Å². The molecule has 0 saturated heterocycles. The predicted molar refractivity (Wildman–Crippen MR) is 96.7 cm³/mol. The fourth-order valence-corrected chi connectivity index (χ4v) is 2.46. The zero-order valence-corrected chi connectivity index (χ0v) is 14.5. The highest BCUT2D eigenvalue weighted by Gasteiger charge is 2.09. The lowest BCUT2D eigenvalue weighted by Crippen LogP contribution is -2.26. The molecule has 23 heavy (non-hydrogen) atoms. The molecule has 2 aromatic carbocycles. The van der Waals surface area contributed by atoms with Gasteiger partial charge < -0.3 is 9.80 Å². The number of aryl methyl sites for hydroxylation is 2. The van der Waals surface area contributed by atoms with Crippen molar-refractivity contribution in [3.63, 3.8) is 0 Å². The Morgan fingerprint density at radius 3 is 2.00 bits per heavy atom. The highest BCUT2D eigenvalue weighted by molar-refractivity contribution is 5.76. The summed E-state index contributed by atoms with van der Waals surface area (Å²) < 4.78 is 0. The molecule has 122 valence electrons. The number of amides is 1. The van der Waals surface area contributed by atoms with Crippen molar-refractivity contribution in [3.05, 3.63) is 65.2 Å². The second kappa shape index (κ2) is 7.82. The first-order valence-corrected chi connectivity index (χ1v) is 8.01. The first kappa shape index (κ1) is 17.1. The van der Waals surface area contributed by atoms with Gasteiger partial charge in [-0.25, -0.2) is 0 Å². The Bertz CT molecular complexity index is 630. The molecule has 0 bridgehead atoms. The van der Waals surface area contributed by atoms with Gasteiger partial charge in [-0.1, -0.05) is 42.0 Å². The van der Waals surface area contributed by atoms with E-state index in [1.807, 2.05) is 21.1 Å². The molecule has 0 aliphatic heterocycles. The van der Waals surface area contributed by atoms with Gasteiger partial charge in [0.1, 0.15) is 0 Å². The van der Waals surface area contributed by atoms with Gasteiger partial charge in [0.25, 0.3) is 0 Å². The molecule has 0 aromatic heterocycles. The molecule has 0 heterocycles. The Morgan fingerprint density at radius 2 is 1.43 bits per heavy atom. The Balaban J connectivity index is 1.85. The normalized spacial score (nSPS) is 10.4. The summed E-state index contributed by atoms with van der Waals surface area (Å²) in [4.78, 5) is 16.2. The quantitative estimate of drug-likeness (QED) is 0.813. The summed E-state index contributed by atoms with van der Waals surface area (Å²) >= 11 is 0. The third-order valence-corrected chi connectivity index (χ3v) is 4.05. The molecule has 0 unspecified atom stereocenters. The largest absolute Gasteiger partial charge is 0.378 e. The minimum absolute atomic E-state index is 0.183. The lowest BCUT2D eigenvalue weighted by molar-refractivity contribution is -0.130. The van der Waals surface area contributed by atoms with Crippen LogP contribution in [0.2, 0.25) is 0 Å². The first-order valence-electron chi connectivity index (χ1n) is 8.01. The number of carbonyl (C=O) groups is 1. The van der Waals surface area contributed by atoms with Crippen LogP contribution in [0.3, 0.4) is 0 Å². The van der Waals surface area contributed by atoms with Crippen LogP contribution in [0.4, 0.5) is 5.69 Å². The Kier molecular flexibility index (Phi) is 5.80. The van der Waals surface area contributed by atoms with Crippen molar-refractivity contribution in [1.29, 1.82) is 0 Å². The molecule has 3 nitrogen and oxygen atoms in total. The highest BCUT2D eigenvalue weighted by Crippen LogP contribution is 2.14. The third-order valence-electron chi connectivity index (χ3n) is 4.05. The van der Waals surface area contributed by atoms with Crippen LogP contribution in [0.25, 0.3) is 0 Å². The van der Waals surface area contributed by atoms with Crippen molar-refractivity contribution in [1.82, 2.24) is 4.90 Å². The molecule has 2 aromatic rings. The van der Waals surface area contributed by atoms with Crippen LogP contribution in [0.15, 0.2) is 48.5 Å². The van der Waals surface area contributed by atoms with Crippen molar-refractivity contribution in [2.24, 2.45) is 0 Å². The summed E-state index contributed by atoms with van der Waals surface area (Å²) in [6.45, 7) is 2.73. The fraction of sp³-hybridized carbons (Fsp3) is 0.350. The molecule has 0 aliphatic carbocycles. The molecular formula is C20H26N2O. The van der Waals surface area contributed by atoms with Crippen LogP contribution in [0.5, 0.6) is 0 Å². The van der Waals surface area contributed by atoms with E-state index in [0.29, 0.717) is 13.0 Å². The molecule has 0 saturated carbocycles. The van der Waals surface area contributed by atoms with E-state index < -0.39 is 0 Å². The van der Waals surface area contributed by atoms with Crippen LogP contribution in [0, 0.1) is 6.92 Å². The van der Waals surface area contributed by atoms with E-state index in [9.17, 15) is 4.79 Å². The molecule has 2 rings (SSSR count). The van der Waals surface area contributed by atoms with Crippen LogP contribution in [-0.4, -0.2) is 32.0 Å². The number of benzene rings is 2. The number of anilines is 1. The highest BCUT2D eigenvalue weighted by atomic mass is 16.2. The van der Waals surface area contributed by atoms with Gasteiger partial charge in [0.15, 0.2) is 0 Å². The molecule has 1 amide bonds. The van der Waals surface area contributed by atoms with Crippen LogP contribution in [-0.2, 0) is 17.8 Å². The summed E-state index contributed by atoms with van der Waals surface area (Å²) in [5.41, 5.74) is 4.79. The average Bonchev–Trinajstić information content (AvgIpc) is 2.54. The maximum atomic E-state index is 12.3. The van der Waals surface area contributed by atoms with E-state index in [-0.39, 0.29) is 5.91 Å². The minimum Gasteiger partial charge on any atom is -0.378 e. The van der Waals surface area contributed by atoms with E-state index >= 15 is 0 Å². The lowest BCUT2D eigenvalue weighted by Gasteiger charge is -2.18. The molecule has 3 heteroatoms. The van der Waals surface area contributed by atoms with Crippen LogP contribution in [0.1, 0.15) is 23.1 Å². The number of carbonyl (C=O) groups excluding carboxylic acids is 1. The standard InChI is InChI=1S/C20H26N2O/c1-16-5-7-17(8-6-16)11-14-20(23)22(4)15-18-9-12-19(13-10-18)21(2)3/h5-10,12-13H,11,14-15H2,1-4H3. The number of nitrogens with zero attached hydrogens (tertiary/aromatic N) is 2. The summed E-state index contributed by atoms with van der Waals surface area (Å²) in [6.07, 6.45) is 1.35. The molecule has 0 spiro atoms. The SMILES string of the molecule is Cc1ccc(CCC(=O)N(C)Cc2ccc(N(C)C)cc2)cc1. The molecule has 0 fully saturated rings. The topological polar surface area (TPSA) is 23.6 Å².